The molecule has 0 unspecified atom stereocenters. The number of amides is 2. The number of hydrogen-bond acceptors (Lipinski definition) is 7. The van der Waals surface area contributed by atoms with Crippen molar-refractivity contribution in [1.29, 1.82) is 0 Å². The van der Waals surface area contributed by atoms with Crippen LogP contribution < -0.4 is 15.0 Å². The monoisotopic (exact) mass is 557 g/mol. The Hall–Kier alpha value is -3.83. The van der Waals surface area contributed by atoms with Gasteiger partial charge in [-0.25, -0.2) is 4.98 Å². The predicted molar refractivity (Wildman–Crippen MR) is 141 cm³/mol. The number of pyridine rings is 2. The summed E-state index contributed by atoms with van der Waals surface area (Å²) in [4.78, 5) is 38.7. The summed E-state index contributed by atoms with van der Waals surface area (Å²) in [6, 6.07) is 8.87. The summed E-state index contributed by atoms with van der Waals surface area (Å²) in [6.07, 6.45) is 3.12. The highest BCUT2D eigenvalue weighted by molar-refractivity contribution is 6.20. The molecule has 0 saturated carbocycles. The number of fused-ring (bicyclic) bond motifs is 1. The molecule has 1 N–H and O–H groups in total. The molecule has 0 bridgehead atoms. The number of anilines is 2. The largest absolute Gasteiger partial charge is 0.487 e. The quantitative estimate of drug-likeness (QED) is 0.436. The molecule has 12 heteroatoms. The van der Waals surface area contributed by atoms with E-state index in [1.165, 1.54) is 30.5 Å². The van der Waals surface area contributed by atoms with E-state index in [1.54, 1.807) is 30.3 Å². The van der Waals surface area contributed by atoms with Crippen LogP contribution in [-0.4, -0.2) is 64.6 Å². The Bertz CT molecular complexity index is 1410. The number of carbonyl (C=O) groups is 2. The molecule has 2 atom stereocenters. The summed E-state index contributed by atoms with van der Waals surface area (Å²) in [5.74, 6) is -0.0757. The number of aromatic nitrogens is 2. The number of alkyl halides is 3. The van der Waals surface area contributed by atoms with Crippen LogP contribution in [0.3, 0.4) is 0 Å². The molecular weight excluding hydrogens is 532 g/mol. The second-order valence-corrected chi connectivity index (χ2v) is 10.1. The fourth-order valence-corrected chi connectivity index (χ4v) is 4.88. The Kier molecular flexibility index (Phi) is 7.13. The number of halogens is 3. The third-order valence-electron chi connectivity index (χ3n) is 6.44. The van der Waals surface area contributed by atoms with Gasteiger partial charge in [0.05, 0.1) is 35.6 Å². The summed E-state index contributed by atoms with van der Waals surface area (Å²) in [5.41, 5.74) is -0.692. The average molecular weight is 558 g/mol. The highest BCUT2D eigenvalue weighted by Crippen LogP contribution is 2.34. The number of carbonyl (C=O) groups excluding carboxylic acids is 2. The van der Waals surface area contributed by atoms with E-state index in [9.17, 15) is 18.4 Å². The molecule has 0 spiro atoms. The zero-order chi connectivity index (χ0) is 27.9. The zero-order valence-corrected chi connectivity index (χ0v) is 22.2. The minimum Gasteiger partial charge on any atom is -0.420 e. The van der Waals surface area contributed by atoms with Crippen molar-refractivity contribution in [3.05, 3.63) is 65.6 Å². The van der Waals surface area contributed by atoms with Crippen molar-refractivity contribution in [1.82, 2.24) is 14.9 Å². The first kappa shape index (κ1) is 26.8. The van der Waals surface area contributed by atoms with E-state index in [0.717, 1.165) is 0 Å². The lowest BCUT2D eigenvalue weighted by atomic mass is 10.0. The zero-order valence-electron chi connectivity index (χ0n) is 21.5. The number of morpholine rings is 1. The van der Waals surface area contributed by atoms with Crippen molar-refractivity contribution < 1.29 is 27.8 Å². The van der Waals surface area contributed by atoms with E-state index < -0.39 is 11.5 Å². The maximum atomic E-state index is 13.2. The highest BCUT2D eigenvalue weighted by Gasteiger charge is 2.30. The molecule has 0 radical (unpaired) electrons. The van der Waals surface area contributed by atoms with Gasteiger partial charge in [0, 0.05) is 60.9 Å². The third-order valence-corrected chi connectivity index (χ3v) is 6.52. The van der Waals surface area contributed by atoms with E-state index in [-0.39, 0.29) is 29.4 Å². The van der Waals surface area contributed by atoms with Gasteiger partial charge in [-0.3, -0.25) is 14.6 Å². The maximum absolute atomic E-state index is 13.2. The Morgan fingerprint density at radius 2 is 1.79 bits per heavy atom. The number of nitrogens with one attached hydrogen (secondary N) is 1. The van der Waals surface area contributed by atoms with Gasteiger partial charge in [-0.05, 0) is 50.2 Å². The molecule has 2 amide bonds. The second kappa shape index (κ2) is 10.4. The topological polar surface area (TPSA) is 96.9 Å². The first-order chi connectivity index (χ1) is 18.5. The highest BCUT2D eigenvalue weighted by atomic mass is 35.5. The number of hydrogen-bond donors (Lipinski definition) is 1. The van der Waals surface area contributed by atoms with Crippen molar-refractivity contribution in [3.8, 4) is 16.9 Å². The average Bonchev–Trinajstić information content (AvgIpc) is 3.16. The maximum Gasteiger partial charge on any atom is 0.487 e. The van der Waals surface area contributed by atoms with Gasteiger partial charge >= 0.3 is 5.57 Å². The Labute approximate surface area is 228 Å². The van der Waals surface area contributed by atoms with Crippen molar-refractivity contribution >= 4 is 34.9 Å². The molecule has 0 aliphatic carbocycles. The van der Waals surface area contributed by atoms with Crippen LogP contribution in [0.15, 0.2) is 48.8 Å². The third kappa shape index (κ3) is 5.94. The van der Waals surface area contributed by atoms with Crippen LogP contribution in [0.5, 0.6) is 5.75 Å². The SMILES string of the molecule is C[C@@H]1CN(c2ncc(C(=O)Nc3ccc(OC(F)(F)Cl)cc3)cc2-c2cnc3c(c2)C(=O)N(C)C3)C[C@H](C)O1. The Balaban J connectivity index is 1.47. The smallest absolute Gasteiger partial charge is 0.420 e. The van der Waals surface area contributed by atoms with Gasteiger partial charge < -0.3 is 24.6 Å². The number of benzene rings is 1. The summed E-state index contributed by atoms with van der Waals surface area (Å²) in [6.45, 7) is 5.62. The van der Waals surface area contributed by atoms with Crippen molar-refractivity contribution in [2.45, 2.75) is 38.2 Å². The molecule has 2 aliphatic heterocycles. The normalized spacial score (nSPS) is 19.2. The minimum absolute atomic E-state index is 0.0227. The van der Waals surface area contributed by atoms with E-state index in [0.29, 0.717) is 53.5 Å². The standard InChI is InChI=1S/C27H26ClF2N5O4/c1-15-12-35(13-16(2)38-15)24-21(17-8-22-23(31-10-17)14-34(3)26(22)37)9-18(11-32-24)25(36)33-19-4-6-20(7-5-19)39-27(28,29)30/h4-11,15-16H,12-14H2,1-3H3,(H,33,36)/t15-,16+. The van der Waals surface area contributed by atoms with Crippen LogP contribution in [0, 0.1) is 0 Å². The molecule has 39 heavy (non-hydrogen) atoms. The van der Waals surface area contributed by atoms with Crippen molar-refractivity contribution in [2.75, 3.05) is 30.4 Å². The van der Waals surface area contributed by atoms with Crippen LogP contribution >= 0.6 is 11.6 Å². The molecule has 2 aliphatic rings. The molecule has 204 valence electrons. The molecule has 9 nitrogen and oxygen atoms in total. The van der Waals surface area contributed by atoms with E-state index >= 15 is 0 Å². The van der Waals surface area contributed by atoms with Crippen LogP contribution in [0.4, 0.5) is 20.3 Å². The van der Waals surface area contributed by atoms with E-state index in [2.05, 4.69) is 24.9 Å². The van der Waals surface area contributed by atoms with Gasteiger partial charge in [0.25, 0.3) is 11.8 Å². The van der Waals surface area contributed by atoms with Crippen LogP contribution in [0.2, 0.25) is 0 Å². The van der Waals surface area contributed by atoms with Gasteiger partial charge in [-0.1, -0.05) is 0 Å². The summed E-state index contributed by atoms with van der Waals surface area (Å²) < 4.78 is 35.9. The molecule has 3 aromatic rings. The number of rotatable bonds is 6. The van der Waals surface area contributed by atoms with Crippen LogP contribution in [-0.2, 0) is 11.3 Å². The first-order valence-electron chi connectivity index (χ1n) is 12.3. The Morgan fingerprint density at radius 1 is 1.10 bits per heavy atom. The molecule has 4 heterocycles. The lowest BCUT2D eigenvalue weighted by Gasteiger charge is -2.37. The molecular formula is C27H26ClF2N5O4. The van der Waals surface area contributed by atoms with Gasteiger partial charge in [0.2, 0.25) is 0 Å². The van der Waals surface area contributed by atoms with Gasteiger partial charge in [0.1, 0.15) is 11.6 Å². The predicted octanol–water partition coefficient (Wildman–Crippen LogP) is 4.76. The lowest BCUT2D eigenvalue weighted by Crippen LogP contribution is -2.46. The van der Waals surface area contributed by atoms with Gasteiger partial charge in [0.15, 0.2) is 0 Å². The minimum atomic E-state index is -3.84. The molecule has 2 aromatic heterocycles. The molecule has 1 fully saturated rings. The van der Waals surface area contributed by atoms with Crippen molar-refractivity contribution in [2.24, 2.45) is 0 Å². The second-order valence-electron chi connectivity index (χ2n) is 9.66. The van der Waals surface area contributed by atoms with Crippen LogP contribution in [0.25, 0.3) is 11.1 Å². The van der Waals surface area contributed by atoms with E-state index in [4.69, 9.17) is 16.3 Å². The summed E-state index contributed by atoms with van der Waals surface area (Å²) in [5, 5.41) is 2.73. The number of ether oxygens (including phenoxy) is 2. The fourth-order valence-electron chi connectivity index (χ4n) is 4.79. The summed E-state index contributed by atoms with van der Waals surface area (Å²) >= 11 is 4.80. The van der Waals surface area contributed by atoms with Gasteiger partial charge in [-0.2, -0.15) is 0 Å². The van der Waals surface area contributed by atoms with E-state index in [1.807, 2.05) is 13.8 Å². The molecule has 1 aromatic carbocycles. The van der Waals surface area contributed by atoms with Crippen molar-refractivity contribution in [3.63, 3.8) is 0 Å². The van der Waals surface area contributed by atoms with Crippen LogP contribution in [0.1, 0.15) is 40.3 Å². The lowest BCUT2D eigenvalue weighted by molar-refractivity contribution is -0.0964. The molecule has 1 saturated heterocycles. The number of nitrogens with zero attached hydrogens (tertiary/aromatic N) is 4. The summed E-state index contributed by atoms with van der Waals surface area (Å²) in [7, 11) is 1.72. The molecule has 5 rings (SSSR count). The van der Waals surface area contributed by atoms with Gasteiger partial charge in [-0.15, -0.1) is 8.78 Å². The fraction of sp³-hybridized carbons (Fsp3) is 0.333. The Morgan fingerprint density at radius 3 is 2.46 bits per heavy atom. The first-order valence-corrected chi connectivity index (χ1v) is 12.7.